The molecule has 88 valence electrons. The largest absolute Gasteiger partial charge is 0.367 e. The summed E-state index contributed by atoms with van der Waals surface area (Å²) in [4.78, 5) is 4.66. The molecule has 0 spiro atoms. The van der Waals surface area contributed by atoms with Gasteiger partial charge in [0.2, 0.25) is 0 Å². The van der Waals surface area contributed by atoms with E-state index < -0.39 is 0 Å². The Labute approximate surface area is 101 Å². The number of nitrogens with zero attached hydrogens (tertiary/aromatic N) is 1. The van der Waals surface area contributed by atoms with Crippen molar-refractivity contribution in [1.82, 2.24) is 10.3 Å². The second kappa shape index (κ2) is 4.34. The number of hydrogen-bond donors (Lipinski definition) is 2. The van der Waals surface area contributed by atoms with E-state index in [1.54, 1.807) is 0 Å². The van der Waals surface area contributed by atoms with E-state index in [0.29, 0.717) is 6.04 Å². The normalized spacial score (nSPS) is 15.1. The van der Waals surface area contributed by atoms with E-state index in [9.17, 15) is 0 Å². The first-order chi connectivity index (χ1) is 8.36. The second-order valence-electron chi connectivity index (χ2n) is 4.63. The summed E-state index contributed by atoms with van der Waals surface area (Å²) in [7, 11) is 1.98. The predicted molar refractivity (Wildman–Crippen MR) is 71.2 cm³/mol. The lowest BCUT2D eigenvalue weighted by Crippen LogP contribution is -2.08. The molecule has 0 amide bonds. The highest BCUT2D eigenvalue weighted by atomic mass is 15.0. The molecule has 3 heteroatoms. The SMILES string of the molecule is CNCc1cc(NC2CC2)nc2ccccc12. The summed E-state index contributed by atoms with van der Waals surface area (Å²) in [6.45, 7) is 0.877. The van der Waals surface area contributed by atoms with Crippen LogP contribution in [0.5, 0.6) is 0 Å². The van der Waals surface area contributed by atoms with Crippen LogP contribution in [-0.4, -0.2) is 18.1 Å². The van der Waals surface area contributed by atoms with E-state index in [1.807, 2.05) is 13.1 Å². The van der Waals surface area contributed by atoms with Gasteiger partial charge in [-0.15, -0.1) is 0 Å². The van der Waals surface area contributed by atoms with E-state index in [-0.39, 0.29) is 0 Å². The van der Waals surface area contributed by atoms with Crippen molar-refractivity contribution in [1.29, 1.82) is 0 Å². The second-order valence-corrected chi connectivity index (χ2v) is 4.63. The third-order valence-electron chi connectivity index (χ3n) is 3.10. The average Bonchev–Trinajstić information content (AvgIpc) is 3.13. The van der Waals surface area contributed by atoms with E-state index >= 15 is 0 Å². The van der Waals surface area contributed by atoms with Gasteiger partial charge in [-0.2, -0.15) is 0 Å². The molecule has 1 fully saturated rings. The molecule has 0 atom stereocenters. The summed E-state index contributed by atoms with van der Waals surface area (Å²) in [5, 5.41) is 7.92. The Morgan fingerprint density at radius 1 is 1.29 bits per heavy atom. The molecule has 2 aromatic rings. The van der Waals surface area contributed by atoms with Gasteiger partial charge >= 0.3 is 0 Å². The molecular formula is C14H17N3. The first-order valence-electron chi connectivity index (χ1n) is 6.16. The van der Waals surface area contributed by atoms with Crippen LogP contribution in [0.4, 0.5) is 5.82 Å². The maximum atomic E-state index is 4.66. The van der Waals surface area contributed by atoms with Crippen LogP contribution in [0.1, 0.15) is 18.4 Å². The lowest BCUT2D eigenvalue weighted by atomic mass is 10.1. The number of fused-ring (bicyclic) bond motifs is 1. The van der Waals surface area contributed by atoms with Crippen LogP contribution >= 0.6 is 0 Å². The average molecular weight is 227 g/mol. The minimum Gasteiger partial charge on any atom is -0.367 e. The van der Waals surface area contributed by atoms with Gasteiger partial charge in [-0.1, -0.05) is 18.2 Å². The van der Waals surface area contributed by atoms with Crippen molar-refractivity contribution in [3.63, 3.8) is 0 Å². The van der Waals surface area contributed by atoms with Crippen LogP contribution in [0, 0.1) is 0 Å². The van der Waals surface area contributed by atoms with Crippen molar-refractivity contribution in [2.75, 3.05) is 12.4 Å². The van der Waals surface area contributed by atoms with E-state index in [2.05, 4.69) is 39.9 Å². The molecule has 0 radical (unpaired) electrons. The minimum atomic E-state index is 0.645. The molecule has 3 nitrogen and oxygen atoms in total. The van der Waals surface area contributed by atoms with Gasteiger partial charge in [0.25, 0.3) is 0 Å². The summed E-state index contributed by atoms with van der Waals surface area (Å²) < 4.78 is 0. The van der Waals surface area contributed by atoms with Gasteiger partial charge in [0.15, 0.2) is 0 Å². The Morgan fingerprint density at radius 3 is 2.88 bits per heavy atom. The molecule has 1 aromatic carbocycles. The highest BCUT2D eigenvalue weighted by molar-refractivity contribution is 5.84. The number of hydrogen-bond acceptors (Lipinski definition) is 3. The van der Waals surface area contributed by atoms with Crippen LogP contribution in [-0.2, 0) is 6.54 Å². The fraction of sp³-hybridized carbons (Fsp3) is 0.357. The number of anilines is 1. The standard InChI is InChI=1S/C14H17N3/c1-15-9-10-8-14(16-11-6-7-11)17-13-5-3-2-4-12(10)13/h2-5,8,11,15H,6-7,9H2,1H3,(H,16,17). The maximum Gasteiger partial charge on any atom is 0.127 e. The van der Waals surface area contributed by atoms with Gasteiger partial charge in [-0.05, 0) is 37.6 Å². The van der Waals surface area contributed by atoms with Gasteiger partial charge in [0.1, 0.15) is 5.82 Å². The molecule has 17 heavy (non-hydrogen) atoms. The van der Waals surface area contributed by atoms with E-state index in [0.717, 1.165) is 17.9 Å². The molecular weight excluding hydrogens is 210 g/mol. The van der Waals surface area contributed by atoms with Crippen molar-refractivity contribution in [2.45, 2.75) is 25.4 Å². The summed E-state index contributed by atoms with van der Waals surface area (Å²) in [5.41, 5.74) is 2.38. The van der Waals surface area contributed by atoms with Crippen molar-refractivity contribution < 1.29 is 0 Å². The van der Waals surface area contributed by atoms with Crippen LogP contribution < -0.4 is 10.6 Å². The van der Waals surface area contributed by atoms with Gasteiger partial charge in [0, 0.05) is 18.0 Å². The molecule has 1 heterocycles. The Morgan fingerprint density at radius 2 is 2.12 bits per heavy atom. The Bertz CT molecular complexity index is 532. The molecule has 1 aliphatic rings. The zero-order chi connectivity index (χ0) is 11.7. The number of pyridine rings is 1. The smallest absolute Gasteiger partial charge is 0.127 e. The van der Waals surface area contributed by atoms with Crippen LogP contribution in [0.15, 0.2) is 30.3 Å². The molecule has 0 unspecified atom stereocenters. The van der Waals surface area contributed by atoms with Crippen LogP contribution in [0.25, 0.3) is 10.9 Å². The van der Waals surface area contributed by atoms with Gasteiger partial charge in [-0.3, -0.25) is 0 Å². The number of rotatable bonds is 4. The topological polar surface area (TPSA) is 37.0 Å². The number of nitrogens with one attached hydrogen (secondary N) is 2. The van der Waals surface area contributed by atoms with Crippen molar-refractivity contribution >= 4 is 16.7 Å². The number of aromatic nitrogens is 1. The van der Waals surface area contributed by atoms with Crippen molar-refractivity contribution in [2.24, 2.45) is 0 Å². The molecule has 1 saturated carbocycles. The highest BCUT2D eigenvalue weighted by Gasteiger charge is 2.21. The van der Waals surface area contributed by atoms with Gasteiger partial charge in [0.05, 0.1) is 5.52 Å². The molecule has 0 aliphatic heterocycles. The van der Waals surface area contributed by atoms with Gasteiger partial charge < -0.3 is 10.6 Å². The summed E-state index contributed by atoms with van der Waals surface area (Å²) in [5.74, 6) is 1.01. The van der Waals surface area contributed by atoms with Crippen molar-refractivity contribution in [3.05, 3.63) is 35.9 Å². The molecule has 0 bridgehead atoms. The maximum absolute atomic E-state index is 4.66. The molecule has 1 aromatic heterocycles. The summed E-state index contributed by atoms with van der Waals surface area (Å²) >= 11 is 0. The molecule has 0 saturated heterocycles. The zero-order valence-corrected chi connectivity index (χ0v) is 10.0. The molecule has 2 N–H and O–H groups in total. The number of benzene rings is 1. The lowest BCUT2D eigenvalue weighted by Gasteiger charge is -2.10. The quantitative estimate of drug-likeness (QED) is 0.842. The third kappa shape index (κ3) is 2.24. The van der Waals surface area contributed by atoms with E-state index in [1.165, 1.54) is 23.8 Å². The first kappa shape index (κ1) is 10.5. The predicted octanol–water partition coefficient (Wildman–Crippen LogP) is 2.53. The minimum absolute atomic E-state index is 0.645. The van der Waals surface area contributed by atoms with Crippen molar-refractivity contribution in [3.8, 4) is 0 Å². The Hall–Kier alpha value is -1.61. The molecule has 1 aliphatic carbocycles. The monoisotopic (exact) mass is 227 g/mol. The summed E-state index contributed by atoms with van der Waals surface area (Å²) in [6, 6.07) is 11.1. The number of para-hydroxylation sites is 1. The van der Waals surface area contributed by atoms with Crippen LogP contribution in [0.3, 0.4) is 0 Å². The zero-order valence-electron chi connectivity index (χ0n) is 10.0. The fourth-order valence-electron chi connectivity index (χ4n) is 2.09. The Kier molecular flexibility index (Phi) is 2.69. The summed E-state index contributed by atoms with van der Waals surface area (Å²) in [6.07, 6.45) is 2.55. The van der Waals surface area contributed by atoms with Gasteiger partial charge in [-0.25, -0.2) is 4.98 Å². The molecule has 3 rings (SSSR count). The lowest BCUT2D eigenvalue weighted by molar-refractivity contribution is 0.822. The third-order valence-corrected chi connectivity index (χ3v) is 3.10. The first-order valence-corrected chi connectivity index (χ1v) is 6.16. The van der Waals surface area contributed by atoms with Crippen LogP contribution in [0.2, 0.25) is 0 Å². The fourth-order valence-corrected chi connectivity index (χ4v) is 2.09. The Balaban J connectivity index is 2.05. The van der Waals surface area contributed by atoms with E-state index in [4.69, 9.17) is 0 Å². The highest BCUT2D eigenvalue weighted by Crippen LogP contribution is 2.26.